The number of phenolic OH excluding ortho intramolecular Hbond substituents is 2. The van der Waals surface area contributed by atoms with Gasteiger partial charge < -0.3 is 14.9 Å². The van der Waals surface area contributed by atoms with Crippen molar-refractivity contribution >= 4 is 0 Å². The fraction of sp³-hybridized carbons (Fsp3) is 0.250. The summed E-state index contributed by atoms with van der Waals surface area (Å²) >= 11 is 0. The van der Waals surface area contributed by atoms with Crippen LogP contribution in [0.1, 0.15) is 16.7 Å². The maximum Gasteiger partial charge on any atom is 0.126 e. The molecular weight excluding hydrogens is 240 g/mol. The lowest BCUT2D eigenvalue weighted by Crippen LogP contribution is -1.90. The second-order valence-corrected chi connectivity index (χ2v) is 4.82. The predicted octanol–water partition coefficient (Wildman–Crippen LogP) is 3.70. The van der Waals surface area contributed by atoms with Gasteiger partial charge in [0, 0.05) is 11.1 Å². The predicted molar refractivity (Wildman–Crippen MR) is 76.0 cm³/mol. The molecule has 100 valence electrons. The Morgan fingerprint density at radius 3 is 1.89 bits per heavy atom. The zero-order chi connectivity index (χ0) is 14.2. The van der Waals surface area contributed by atoms with E-state index < -0.39 is 0 Å². The van der Waals surface area contributed by atoms with Crippen LogP contribution in [0.5, 0.6) is 17.2 Å². The number of hydrogen-bond acceptors (Lipinski definition) is 3. The Hall–Kier alpha value is -2.16. The van der Waals surface area contributed by atoms with Gasteiger partial charge >= 0.3 is 0 Å². The molecule has 0 bridgehead atoms. The lowest BCUT2D eigenvalue weighted by atomic mass is 9.96. The van der Waals surface area contributed by atoms with Gasteiger partial charge in [0.2, 0.25) is 0 Å². The Kier molecular flexibility index (Phi) is 3.38. The summed E-state index contributed by atoms with van der Waals surface area (Å²) in [5.74, 6) is 1.01. The topological polar surface area (TPSA) is 49.7 Å². The second-order valence-electron chi connectivity index (χ2n) is 4.82. The molecule has 0 spiro atoms. The molecule has 0 aromatic heterocycles. The van der Waals surface area contributed by atoms with E-state index in [2.05, 4.69) is 0 Å². The van der Waals surface area contributed by atoms with Gasteiger partial charge in [-0.1, -0.05) is 6.07 Å². The number of methoxy groups -OCH3 is 1. The molecule has 2 rings (SSSR count). The van der Waals surface area contributed by atoms with Crippen molar-refractivity contribution in [3.8, 4) is 28.4 Å². The zero-order valence-electron chi connectivity index (χ0n) is 11.6. The molecule has 0 saturated carbocycles. The Morgan fingerprint density at radius 2 is 1.32 bits per heavy atom. The van der Waals surface area contributed by atoms with Crippen LogP contribution in [0.3, 0.4) is 0 Å². The Balaban J connectivity index is 2.75. The van der Waals surface area contributed by atoms with E-state index in [-0.39, 0.29) is 11.5 Å². The SMILES string of the molecule is COc1cc(C)c(O)c(-c2cc(C)cc(C)c2O)c1. The second kappa shape index (κ2) is 4.84. The summed E-state index contributed by atoms with van der Waals surface area (Å²) in [6, 6.07) is 7.26. The summed E-state index contributed by atoms with van der Waals surface area (Å²) in [6.45, 7) is 5.61. The van der Waals surface area contributed by atoms with E-state index in [1.165, 1.54) is 0 Å². The lowest BCUT2D eigenvalue weighted by Gasteiger charge is -2.14. The van der Waals surface area contributed by atoms with Gasteiger partial charge in [0.1, 0.15) is 17.2 Å². The number of hydrogen-bond donors (Lipinski definition) is 2. The van der Waals surface area contributed by atoms with Crippen LogP contribution in [-0.2, 0) is 0 Å². The molecule has 0 radical (unpaired) electrons. The minimum atomic E-state index is 0.168. The van der Waals surface area contributed by atoms with Gasteiger partial charge in [-0.25, -0.2) is 0 Å². The Labute approximate surface area is 113 Å². The highest BCUT2D eigenvalue weighted by Gasteiger charge is 2.15. The maximum atomic E-state index is 10.2. The maximum absolute atomic E-state index is 10.2. The van der Waals surface area contributed by atoms with E-state index in [4.69, 9.17) is 4.74 Å². The van der Waals surface area contributed by atoms with Gasteiger partial charge in [0.15, 0.2) is 0 Å². The zero-order valence-corrected chi connectivity index (χ0v) is 11.6. The highest BCUT2D eigenvalue weighted by molar-refractivity contribution is 5.79. The summed E-state index contributed by atoms with van der Waals surface area (Å²) in [5.41, 5.74) is 3.74. The van der Waals surface area contributed by atoms with Gasteiger partial charge in [0.25, 0.3) is 0 Å². The van der Waals surface area contributed by atoms with E-state index >= 15 is 0 Å². The summed E-state index contributed by atoms with van der Waals surface area (Å²) in [6.07, 6.45) is 0. The van der Waals surface area contributed by atoms with Crippen LogP contribution in [0.25, 0.3) is 11.1 Å². The van der Waals surface area contributed by atoms with Crippen LogP contribution >= 0.6 is 0 Å². The molecule has 3 nitrogen and oxygen atoms in total. The monoisotopic (exact) mass is 258 g/mol. The molecule has 0 heterocycles. The third-order valence-corrected chi connectivity index (χ3v) is 3.24. The first-order chi connectivity index (χ1) is 8.93. The average Bonchev–Trinajstić information content (AvgIpc) is 2.37. The molecule has 2 aromatic rings. The van der Waals surface area contributed by atoms with E-state index in [1.807, 2.05) is 26.0 Å². The number of aryl methyl sites for hydroxylation is 3. The van der Waals surface area contributed by atoms with E-state index in [9.17, 15) is 10.2 Å². The smallest absolute Gasteiger partial charge is 0.126 e. The quantitative estimate of drug-likeness (QED) is 0.863. The molecule has 3 heteroatoms. The summed E-state index contributed by atoms with van der Waals surface area (Å²) in [5, 5.41) is 20.4. The molecule has 19 heavy (non-hydrogen) atoms. The van der Waals surface area contributed by atoms with Gasteiger partial charge in [-0.2, -0.15) is 0 Å². The molecule has 0 aliphatic heterocycles. The molecule has 2 aromatic carbocycles. The van der Waals surface area contributed by atoms with Crippen molar-refractivity contribution in [1.82, 2.24) is 0 Å². The normalized spacial score (nSPS) is 10.5. The number of benzene rings is 2. The third kappa shape index (κ3) is 2.36. The van der Waals surface area contributed by atoms with Crippen LogP contribution in [0.15, 0.2) is 24.3 Å². The average molecular weight is 258 g/mol. The number of rotatable bonds is 2. The lowest BCUT2D eigenvalue weighted by molar-refractivity contribution is 0.411. The number of phenols is 2. The summed E-state index contributed by atoms with van der Waals surface area (Å²) in [4.78, 5) is 0. The minimum Gasteiger partial charge on any atom is -0.507 e. The standard InChI is InChI=1S/C16H18O3/c1-9-5-10(2)15(17)13(6-9)14-8-12(19-4)7-11(3)16(14)18/h5-8,17-18H,1-4H3. The van der Waals surface area contributed by atoms with Crippen molar-refractivity contribution in [2.45, 2.75) is 20.8 Å². The first-order valence-electron chi connectivity index (χ1n) is 6.12. The van der Waals surface area contributed by atoms with Crippen LogP contribution in [0, 0.1) is 20.8 Å². The molecule has 0 aliphatic rings. The summed E-state index contributed by atoms with van der Waals surface area (Å²) in [7, 11) is 1.58. The van der Waals surface area contributed by atoms with E-state index in [1.54, 1.807) is 26.2 Å². The van der Waals surface area contributed by atoms with Crippen molar-refractivity contribution in [3.63, 3.8) is 0 Å². The first kappa shape index (κ1) is 13.3. The molecule has 0 aliphatic carbocycles. The highest BCUT2D eigenvalue weighted by Crippen LogP contribution is 2.41. The van der Waals surface area contributed by atoms with Gasteiger partial charge in [-0.05, 0) is 55.7 Å². The molecule has 0 amide bonds. The molecule has 0 unspecified atom stereocenters. The highest BCUT2D eigenvalue weighted by atomic mass is 16.5. The molecule has 0 saturated heterocycles. The van der Waals surface area contributed by atoms with Gasteiger partial charge in [0.05, 0.1) is 7.11 Å². The van der Waals surface area contributed by atoms with Crippen LogP contribution in [0.2, 0.25) is 0 Å². The van der Waals surface area contributed by atoms with Crippen molar-refractivity contribution in [2.75, 3.05) is 7.11 Å². The number of aromatic hydroxyl groups is 2. The molecule has 0 fully saturated rings. The van der Waals surface area contributed by atoms with Crippen LogP contribution in [-0.4, -0.2) is 17.3 Å². The summed E-state index contributed by atoms with van der Waals surface area (Å²) < 4.78 is 5.22. The van der Waals surface area contributed by atoms with Gasteiger partial charge in [-0.3, -0.25) is 0 Å². The molecular formula is C16H18O3. The van der Waals surface area contributed by atoms with Crippen molar-refractivity contribution in [3.05, 3.63) is 41.0 Å². The van der Waals surface area contributed by atoms with Gasteiger partial charge in [-0.15, -0.1) is 0 Å². The Morgan fingerprint density at radius 1 is 0.789 bits per heavy atom. The Bertz CT molecular complexity index is 630. The van der Waals surface area contributed by atoms with E-state index in [0.29, 0.717) is 22.4 Å². The van der Waals surface area contributed by atoms with Crippen LogP contribution < -0.4 is 4.74 Å². The van der Waals surface area contributed by atoms with E-state index in [0.717, 1.165) is 11.1 Å². The number of ether oxygens (including phenoxy) is 1. The van der Waals surface area contributed by atoms with Crippen LogP contribution in [0.4, 0.5) is 0 Å². The van der Waals surface area contributed by atoms with Crippen molar-refractivity contribution in [2.24, 2.45) is 0 Å². The third-order valence-electron chi connectivity index (χ3n) is 3.24. The first-order valence-corrected chi connectivity index (χ1v) is 6.12. The fourth-order valence-electron chi connectivity index (χ4n) is 2.23. The largest absolute Gasteiger partial charge is 0.507 e. The molecule has 2 N–H and O–H groups in total. The molecule has 0 atom stereocenters. The minimum absolute atomic E-state index is 0.168. The van der Waals surface area contributed by atoms with Crippen molar-refractivity contribution < 1.29 is 14.9 Å². The van der Waals surface area contributed by atoms with Crippen molar-refractivity contribution in [1.29, 1.82) is 0 Å². The fourth-order valence-corrected chi connectivity index (χ4v) is 2.23.